The first-order valence-electron chi connectivity index (χ1n) is 7.82. The standard InChI is InChI=1S/C16H20N4O4S/c1-24-15-11-25(22,23)10-14(15)19-16(21)18-13-7-17-20(9-13)8-12-5-3-2-4-6-12/h2-7,9,14-15H,8,10-11H2,1H3,(H2,18,19,21). The minimum absolute atomic E-state index is 0.0799. The summed E-state index contributed by atoms with van der Waals surface area (Å²) in [6.45, 7) is 0.594. The lowest BCUT2D eigenvalue weighted by atomic mass is 10.2. The van der Waals surface area contributed by atoms with Gasteiger partial charge in [-0.2, -0.15) is 5.10 Å². The summed E-state index contributed by atoms with van der Waals surface area (Å²) >= 11 is 0. The van der Waals surface area contributed by atoms with Crippen molar-refractivity contribution in [2.75, 3.05) is 23.9 Å². The van der Waals surface area contributed by atoms with Crippen molar-refractivity contribution in [2.24, 2.45) is 0 Å². The lowest BCUT2D eigenvalue weighted by Gasteiger charge is -2.17. The number of amides is 2. The maximum atomic E-state index is 12.1. The molecule has 0 spiro atoms. The van der Waals surface area contributed by atoms with Gasteiger partial charge in [0.2, 0.25) is 0 Å². The number of nitrogens with zero attached hydrogens (tertiary/aromatic N) is 2. The van der Waals surface area contributed by atoms with Crippen LogP contribution in [0.4, 0.5) is 10.5 Å². The van der Waals surface area contributed by atoms with Gasteiger partial charge in [-0.25, -0.2) is 13.2 Å². The highest BCUT2D eigenvalue weighted by Gasteiger charge is 2.38. The molecule has 3 rings (SSSR count). The monoisotopic (exact) mass is 364 g/mol. The molecular weight excluding hydrogens is 344 g/mol. The summed E-state index contributed by atoms with van der Waals surface area (Å²) in [6, 6.07) is 8.79. The van der Waals surface area contributed by atoms with Gasteiger partial charge in [-0.3, -0.25) is 4.68 Å². The van der Waals surface area contributed by atoms with Crippen LogP contribution >= 0.6 is 0 Å². The molecule has 0 radical (unpaired) electrons. The fourth-order valence-corrected chi connectivity index (χ4v) is 4.65. The first-order chi connectivity index (χ1) is 11.9. The Morgan fingerprint density at radius 2 is 2.08 bits per heavy atom. The lowest BCUT2D eigenvalue weighted by molar-refractivity contribution is 0.102. The van der Waals surface area contributed by atoms with Gasteiger partial charge in [0, 0.05) is 13.3 Å². The van der Waals surface area contributed by atoms with Crippen LogP contribution in [0.15, 0.2) is 42.7 Å². The Hall–Kier alpha value is -2.39. The van der Waals surface area contributed by atoms with Crippen LogP contribution in [0.5, 0.6) is 0 Å². The van der Waals surface area contributed by atoms with Gasteiger partial charge in [-0.15, -0.1) is 0 Å². The Bertz CT molecular complexity index is 835. The normalized spacial score (nSPS) is 21.8. The van der Waals surface area contributed by atoms with E-state index in [-0.39, 0.29) is 11.5 Å². The lowest BCUT2D eigenvalue weighted by Crippen LogP contribution is -2.45. The highest BCUT2D eigenvalue weighted by molar-refractivity contribution is 7.91. The van der Waals surface area contributed by atoms with Crippen LogP contribution in [0.25, 0.3) is 0 Å². The van der Waals surface area contributed by atoms with E-state index >= 15 is 0 Å². The summed E-state index contributed by atoms with van der Waals surface area (Å²) in [4.78, 5) is 12.1. The molecule has 25 heavy (non-hydrogen) atoms. The van der Waals surface area contributed by atoms with Crippen molar-refractivity contribution in [3.8, 4) is 0 Å². The zero-order valence-corrected chi connectivity index (χ0v) is 14.6. The summed E-state index contributed by atoms with van der Waals surface area (Å²) < 4.78 is 30.2. The first kappa shape index (κ1) is 17.4. The van der Waals surface area contributed by atoms with E-state index in [9.17, 15) is 13.2 Å². The fraction of sp³-hybridized carbons (Fsp3) is 0.375. The molecule has 1 aliphatic heterocycles. The molecule has 2 heterocycles. The third-order valence-corrected chi connectivity index (χ3v) is 5.70. The first-order valence-corrected chi connectivity index (χ1v) is 9.64. The Kier molecular flexibility index (Phi) is 5.05. The van der Waals surface area contributed by atoms with Crippen molar-refractivity contribution in [2.45, 2.75) is 18.7 Å². The predicted molar refractivity (Wildman–Crippen MR) is 93.2 cm³/mol. The number of carbonyl (C=O) groups is 1. The minimum Gasteiger partial charge on any atom is -0.378 e. The molecule has 1 fully saturated rings. The maximum absolute atomic E-state index is 12.1. The number of benzene rings is 1. The summed E-state index contributed by atoms with van der Waals surface area (Å²) in [7, 11) is -1.75. The van der Waals surface area contributed by atoms with Gasteiger partial charge < -0.3 is 15.4 Å². The molecule has 2 atom stereocenters. The zero-order chi connectivity index (χ0) is 17.9. The SMILES string of the molecule is COC1CS(=O)(=O)CC1NC(=O)Nc1cnn(Cc2ccccc2)c1. The van der Waals surface area contributed by atoms with E-state index in [4.69, 9.17) is 4.74 Å². The molecule has 0 bridgehead atoms. The van der Waals surface area contributed by atoms with Gasteiger partial charge in [0.15, 0.2) is 9.84 Å². The molecule has 2 amide bonds. The number of methoxy groups -OCH3 is 1. The Labute approximate surface area is 146 Å². The number of rotatable bonds is 5. The molecule has 8 nitrogen and oxygen atoms in total. The molecule has 1 saturated heterocycles. The second-order valence-electron chi connectivity index (χ2n) is 5.97. The predicted octanol–water partition coefficient (Wildman–Crippen LogP) is 0.865. The minimum atomic E-state index is -3.19. The molecule has 1 aromatic heterocycles. The van der Waals surface area contributed by atoms with Crippen LogP contribution < -0.4 is 10.6 Å². The third-order valence-electron chi connectivity index (χ3n) is 4.00. The average molecular weight is 364 g/mol. The molecule has 0 saturated carbocycles. The quantitative estimate of drug-likeness (QED) is 0.819. The molecule has 2 aromatic rings. The van der Waals surface area contributed by atoms with Gasteiger partial charge >= 0.3 is 6.03 Å². The van der Waals surface area contributed by atoms with Crippen molar-refractivity contribution in [1.82, 2.24) is 15.1 Å². The van der Waals surface area contributed by atoms with E-state index in [0.717, 1.165) is 5.56 Å². The number of carbonyl (C=O) groups excluding carboxylic acids is 1. The molecule has 2 N–H and O–H groups in total. The zero-order valence-electron chi connectivity index (χ0n) is 13.8. The smallest absolute Gasteiger partial charge is 0.319 e. The second-order valence-corrected chi connectivity index (χ2v) is 8.12. The molecule has 134 valence electrons. The van der Waals surface area contributed by atoms with Crippen LogP contribution in [0.1, 0.15) is 5.56 Å². The van der Waals surface area contributed by atoms with Crippen LogP contribution in [0.3, 0.4) is 0 Å². The van der Waals surface area contributed by atoms with Crippen LogP contribution in [0, 0.1) is 0 Å². The van der Waals surface area contributed by atoms with E-state index in [1.54, 1.807) is 17.1 Å². The van der Waals surface area contributed by atoms with Crippen LogP contribution in [-0.4, -0.2) is 55.0 Å². The van der Waals surface area contributed by atoms with Gasteiger partial charge in [-0.1, -0.05) is 30.3 Å². The number of hydrogen-bond acceptors (Lipinski definition) is 5. The number of nitrogens with one attached hydrogen (secondary N) is 2. The second kappa shape index (κ2) is 7.24. The van der Waals surface area contributed by atoms with Crippen LogP contribution in [-0.2, 0) is 21.1 Å². The number of anilines is 1. The van der Waals surface area contributed by atoms with Gasteiger partial charge in [0.05, 0.1) is 42.1 Å². The largest absolute Gasteiger partial charge is 0.378 e. The van der Waals surface area contributed by atoms with E-state index in [0.29, 0.717) is 12.2 Å². The van der Waals surface area contributed by atoms with Gasteiger partial charge in [0.25, 0.3) is 0 Å². The average Bonchev–Trinajstić information content (AvgIpc) is 3.11. The third kappa shape index (κ3) is 4.58. The van der Waals surface area contributed by atoms with Gasteiger partial charge in [-0.05, 0) is 5.56 Å². The summed E-state index contributed by atoms with van der Waals surface area (Å²) in [5.74, 6) is -0.199. The number of hydrogen-bond donors (Lipinski definition) is 2. The van der Waals surface area contributed by atoms with E-state index in [1.165, 1.54) is 7.11 Å². The van der Waals surface area contributed by atoms with Gasteiger partial charge in [0.1, 0.15) is 0 Å². The summed E-state index contributed by atoms with van der Waals surface area (Å²) in [6.07, 6.45) is 2.73. The molecule has 9 heteroatoms. The van der Waals surface area contributed by atoms with Crippen molar-refractivity contribution in [3.05, 3.63) is 48.3 Å². The van der Waals surface area contributed by atoms with Crippen molar-refractivity contribution >= 4 is 21.6 Å². The summed E-state index contributed by atoms with van der Waals surface area (Å²) in [5.41, 5.74) is 1.63. The number of sulfone groups is 1. The number of aromatic nitrogens is 2. The Morgan fingerprint density at radius 3 is 2.80 bits per heavy atom. The Balaban J connectivity index is 1.57. The van der Waals surface area contributed by atoms with Crippen molar-refractivity contribution in [3.63, 3.8) is 0 Å². The fourth-order valence-electron chi connectivity index (χ4n) is 2.80. The van der Waals surface area contributed by atoms with E-state index in [1.807, 2.05) is 30.3 Å². The topological polar surface area (TPSA) is 102 Å². The molecular formula is C16H20N4O4S. The molecule has 1 aromatic carbocycles. The highest BCUT2D eigenvalue weighted by atomic mass is 32.2. The molecule has 2 unspecified atom stereocenters. The van der Waals surface area contributed by atoms with E-state index in [2.05, 4.69) is 15.7 Å². The van der Waals surface area contributed by atoms with Crippen molar-refractivity contribution < 1.29 is 17.9 Å². The Morgan fingerprint density at radius 1 is 1.32 bits per heavy atom. The summed E-state index contributed by atoms with van der Waals surface area (Å²) in [5, 5.41) is 9.52. The maximum Gasteiger partial charge on any atom is 0.319 e. The van der Waals surface area contributed by atoms with Crippen molar-refractivity contribution in [1.29, 1.82) is 0 Å². The highest BCUT2D eigenvalue weighted by Crippen LogP contribution is 2.16. The van der Waals surface area contributed by atoms with Crippen LogP contribution in [0.2, 0.25) is 0 Å². The molecule has 0 aliphatic carbocycles. The number of ether oxygens (including phenoxy) is 1. The number of urea groups is 1. The molecule has 1 aliphatic rings. The van der Waals surface area contributed by atoms with E-state index < -0.39 is 28.0 Å².